The molecule has 0 aromatic heterocycles. The van der Waals surface area contributed by atoms with E-state index in [1.807, 2.05) is 13.0 Å². The Kier molecular flexibility index (Phi) is 7.25. The Morgan fingerprint density at radius 3 is 2.35 bits per heavy atom. The molecule has 2 aromatic carbocycles. The van der Waals surface area contributed by atoms with E-state index in [1.54, 1.807) is 43.5 Å². The second-order valence-electron chi connectivity index (χ2n) is 5.10. The summed E-state index contributed by atoms with van der Waals surface area (Å²) in [4.78, 5) is 12.4. The molecule has 26 heavy (non-hydrogen) atoms. The molecule has 2 aromatic rings. The molecule has 0 radical (unpaired) electrons. The van der Waals surface area contributed by atoms with Crippen molar-refractivity contribution in [2.24, 2.45) is 0 Å². The molecule has 0 spiro atoms. The van der Waals surface area contributed by atoms with Crippen LogP contribution in [0, 0.1) is 11.3 Å². The molecule has 0 unspecified atom stereocenters. The third-order valence-corrected chi connectivity index (χ3v) is 4.51. The fourth-order valence-corrected chi connectivity index (χ4v) is 3.58. The van der Waals surface area contributed by atoms with Crippen molar-refractivity contribution in [3.05, 3.63) is 56.5 Å². The van der Waals surface area contributed by atoms with Gasteiger partial charge in [-0.05, 0) is 86.8 Å². The number of rotatable bonds is 6. The smallest absolute Gasteiger partial charge is 0.266 e. The quantitative estimate of drug-likeness (QED) is 0.458. The van der Waals surface area contributed by atoms with Crippen molar-refractivity contribution in [2.75, 3.05) is 19.0 Å². The number of amides is 1. The maximum Gasteiger partial charge on any atom is 0.266 e. The Balaban J connectivity index is 2.23. The number of hydrogen-bond donors (Lipinski definition) is 1. The van der Waals surface area contributed by atoms with Crippen LogP contribution in [0.3, 0.4) is 0 Å². The molecule has 1 N–H and O–H groups in total. The van der Waals surface area contributed by atoms with Gasteiger partial charge in [0.2, 0.25) is 0 Å². The van der Waals surface area contributed by atoms with Crippen LogP contribution in [0.1, 0.15) is 12.5 Å². The zero-order valence-electron chi connectivity index (χ0n) is 14.2. The fourth-order valence-electron chi connectivity index (χ4n) is 2.13. The summed E-state index contributed by atoms with van der Waals surface area (Å²) in [6.45, 7) is 2.42. The lowest BCUT2D eigenvalue weighted by Crippen LogP contribution is -2.13. The van der Waals surface area contributed by atoms with Crippen LogP contribution in [0.15, 0.2) is 50.9 Å². The first-order valence-corrected chi connectivity index (χ1v) is 9.26. The summed E-state index contributed by atoms with van der Waals surface area (Å²) in [6.07, 6.45) is 1.52. The number of hydrogen-bond acceptors (Lipinski definition) is 4. The average Bonchev–Trinajstić information content (AvgIpc) is 2.63. The Morgan fingerprint density at radius 2 is 1.85 bits per heavy atom. The topological polar surface area (TPSA) is 71.3 Å². The number of nitriles is 1. The number of halogens is 2. The van der Waals surface area contributed by atoms with E-state index in [9.17, 15) is 10.1 Å². The molecule has 0 heterocycles. The van der Waals surface area contributed by atoms with Crippen LogP contribution in [-0.4, -0.2) is 19.6 Å². The molecule has 1 amide bonds. The Hall–Kier alpha value is -2.30. The lowest BCUT2D eigenvalue weighted by molar-refractivity contribution is -0.112. The average molecular weight is 480 g/mol. The minimum absolute atomic E-state index is 0.0104. The molecule has 134 valence electrons. The van der Waals surface area contributed by atoms with Gasteiger partial charge in [-0.2, -0.15) is 5.26 Å². The normalized spacial score (nSPS) is 10.8. The zero-order chi connectivity index (χ0) is 19.1. The molecular weight excluding hydrogens is 464 g/mol. The third kappa shape index (κ3) is 5.10. The summed E-state index contributed by atoms with van der Waals surface area (Å²) >= 11 is 6.87. The number of nitrogens with one attached hydrogen (secondary N) is 1. The van der Waals surface area contributed by atoms with Crippen molar-refractivity contribution in [1.29, 1.82) is 5.26 Å². The standard InChI is InChI=1S/C19H16Br2N2O3/c1-3-26-18-16(20)9-12(10-17(18)21)8-13(11-22)19(24)23-14-4-6-15(25-2)7-5-14/h4-10H,3H2,1-2H3,(H,23,24)/b13-8-. The molecule has 0 fully saturated rings. The fraction of sp³-hybridized carbons (Fsp3) is 0.158. The number of carbonyl (C=O) groups is 1. The first-order valence-electron chi connectivity index (χ1n) is 7.67. The van der Waals surface area contributed by atoms with Crippen molar-refractivity contribution >= 4 is 49.5 Å². The van der Waals surface area contributed by atoms with Gasteiger partial charge in [-0.3, -0.25) is 4.79 Å². The summed E-state index contributed by atoms with van der Waals surface area (Å²) in [5.41, 5.74) is 1.25. The monoisotopic (exact) mass is 478 g/mol. The van der Waals surface area contributed by atoms with E-state index in [2.05, 4.69) is 37.2 Å². The van der Waals surface area contributed by atoms with Crippen LogP contribution in [0.2, 0.25) is 0 Å². The Labute approximate surface area is 168 Å². The van der Waals surface area contributed by atoms with Crippen LogP contribution in [0.4, 0.5) is 5.69 Å². The molecule has 2 rings (SSSR count). The van der Waals surface area contributed by atoms with Gasteiger partial charge >= 0.3 is 0 Å². The maximum absolute atomic E-state index is 12.4. The Morgan fingerprint density at radius 1 is 1.23 bits per heavy atom. The number of carbonyl (C=O) groups excluding carboxylic acids is 1. The van der Waals surface area contributed by atoms with E-state index >= 15 is 0 Å². The van der Waals surface area contributed by atoms with Crippen LogP contribution in [0.25, 0.3) is 6.08 Å². The number of nitrogens with zero attached hydrogens (tertiary/aromatic N) is 1. The number of ether oxygens (including phenoxy) is 2. The van der Waals surface area contributed by atoms with Crippen molar-refractivity contribution < 1.29 is 14.3 Å². The van der Waals surface area contributed by atoms with Gasteiger partial charge in [0.05, 0.1) is 22.7 Å². The first kappa shape index (κ1) is 20.0. The molecule has 0 aliphatic carbocycles. The van der Waals surface area contributed by atoms with Crippen molar-refractivity contribution in [2.45, 2.75) is 6.92 Å². The molecule has 0 bridgehead atoms. The summed E-state index contributed by atoms with van der Waals surface area (Å²) in [5, 5.41) is 12.0. The predicted molar refractivity (Wildman–Crippen MR) is 108 cm³/mol. The van der Waals surface area contributed by atoms with Crippen molar-refractivity contribution in [3.8, 4) is 17.6 Å². The highest BCUT2D eigenvalue weighted by molar-refractivity contribution is 9.11. The number of anilines is 1. The van der Waals surface area contributed by atoms with E-state index in [-0.39, 0.29) is 5.57 Å². The van der Waals surface area contributed by atoms with Gasteiger partial charge in [-0.25, -0.2) is 0 Å². The van der Waals surface area contributed by atoms with Gasteiger partial charge in [0.15, 0.2) is 0 Å². The van der Waals surface area contributed by atoms with E-state index in [0.717, 1.165) is 8.95 Å². The summed E-state index contributed by atoms with van der Waals surface area (Å²) in [7, 11) is 1.57. The SMILES string of the molecule is CCOc1c(Br)cc(/C=C(/C#N)C(=O)Nc2ccc(OC)cc2)cc1Br. The minimum Gasteiger partial charge on any atom is -0.497 e. The summed E-state index contributed by atoms with van der Waals surface area (Å²) < 4.78 is 12.1. The van der Waals surface area contributed by atoms with Gasteiger partial charge in [-0.15, -0.1) is 0 Å². The van der Waals surface area contributed by atoms with Gasteiger partial charge in [-0.1, -0.05) is 0 Å². The lowest BCUT2D eigenvalue weighted by atomic mass is 10.1. The van der Waals surface area contributed by atoms with Gasteiger partial charge < -0.3 is 14.8 Å². The molecule has 0 saturated carbocycles. The maximum atomic E-state index is 12.4. The van der Waals surface area contributed by atoms with Gasteiger partial charge in [0, 0.05) is 5.69 Å². The van der Waals surface area contributed by atoms with E-state index < -0.39 is 5.91 Å². The number of benzene rings is 2. The first-order chi connectivity index (χ1) is 12.5. The Bertz CT molecular complexity index is 848. The minimum atomic E-state index is -0.487. The predicted octanol–water partition coefficient (Wildman–Crippen LogP) is 5.16. The highest BCUT2D eigenvalue weighted by atomic mass is 79.9. The third-order valence-electron chi connectivity index (χ3n) is 3.33. The summed E-state index contributed by atoms with van der Waals surface area (Å²) in [6, 6.07) is 12.4. The van der Waals surface area contributed by atoms with Crippen LogP contribution < -0.4 is 14.8 Å². The molecule has 0 aliphatic rings. The van der Waals surface area contributed by atoms with Crippen molar-refractivity contribution in [1.82, 2.24) is 0 Å². The van der Waals surface area contributed by atoms with Crippen LogP contribution in [-0.2, 0) is 4.79 Å². The van der Waals surface area contributed by atoms with E-state index in [0.29, 0.717) is 29.4 Å². The second-order valence-corrected chi connectivity index (χ2v) is 6.81. The van der Waals surface area contributed by atoms with Crippen LogP contribution >= 0.6 is 31.9 Å². The largest absolute Gasteiger partial charge is 0.497 e. The summed E-state index contributed by atoms with van der Waals surface area (Å²) in [5.74, 6) is 0.868. The highest BCUT2D eigenvalue weighted by Gasteiger charge is 2.12. The molecule has 0 atom stereocenters. The molecular formula is C19H16Br2N2O3. The lowest BCUT2D eigenvalue weighted by Gasteiger charge is -2.10. The molecule has 5 nitrogen and oxygen atoms in total. The van der Waals surface area contributed by atoms with E-state index in [4.69, 9.17) is 9.47 Å². The van der Waals surface area contributed by atoms with Crippen LogP contribution in [0.5, 0.6) is 11.5 Å². The number of methoxy groups -OCH3 is 1. The van der Waals surface area contributed by atoms with E-state index in [1.165, 1.54) is 6.08 Å². The molecule has 0 aliphatic heterocycles. The highest BCUT2D eigenvalue weighted by Crippen LogP contribution is 2.35. The molecule has 7 heteroatoms. The molecule has 0 saturated heterocycles. The van der Waals surface area contributed by atoms with Crippen molar-refractivity contribution in [3.63, 3.8) is 0 Å². The second kappa shape index (κ2) is 9.41. The van der Waals surface area contributed by atoms with Gasteiger partial charge in [0.25, 0.3) is 5.91 Å². The van der Waals surface area contributed by atoms with Gasteiger partial charge in [0.1, 0.15) is 23.1 Å². The zero-order valence-corrected chi connectivity index (χ0v) is 17.3.